The van der Waals surface area contributed by atoms with Gasteiger partial charge in [0.05, 0.1) is 15.2 Å². The number of anilines is 1. The van der Waals surface area contributed by atoms with Crippen LogP contribution in [0.5, 0.6) is 0 Å². The molecule has 0 saturated carbocycles. The molecule has 0 fully saturated rings. The molecule has 4 heteroatoms. The summed E-state index contributed by atoms with van der Waals surface area (Å²) in [6, 6.07) is 5.34. The number of hydrogen-bond acceptors (Lipinski definition) is 1. The molecule has 0 atom stereocenters. The Bertz CT molecular complexity index is 327. The van der Waals surface area contributed by atoms with Gasteiger partial charge in [0.25, 0.3) is 0 Å². The summed E-state index contributed by atoms with van der Waals surface area (Å²) in [4.78, 5) is 11.1. The van der Waals surface area contributed by atoms with Gasteiger partial charge in [0.15, 0.2) is 0 Å². The molecular weight excluding hydrogens is 253 g/mol. The van der Waals surface area contributed by atoms with Crippen LogP contribution in [0.2, 0.25) is 5.02 Å². The molecule has 1 aromatic carbocycles. The van der Waals surface area contributed by atoms with Crippen LogP contribution in [0, 0.1) is 0 Å². The molecule has 1 rings (SSSR count). The number of carbonyl (C=O) groups is 1. The zero-order valence-electron chi connectivity index (χ0n) is 7.10. The third-order valence-corrected chi connectivity index (χ3v) is 2.94. The van der Waals surface area contributed by atoms with E-state index in [9.17, 15) is 4.79 Å². The molecule has 1 amide bonds. The minimum absolute atomic E-state index is 0.0250. The Morgan fingerprint density at radius 2 is 2.31 bits per heavy atom. The molecule has 0 radical (unpaired) electrons. The Hall–Kier alpha value is -0.540. The van der Waals surface area contributed by atoms with Gasteiger partial charge in [-0.25, -0.2) is 0 Å². The molecule has 0 heterocycles. The molecule has 70 valence electrons. The summed E-state index contributed by atoms with van der Waals surface area (Å²) < 4.78 is 0.721. The number of rotatable bonds is 2. The normalized spacial score (nSPS) is 9.77. The number of carbonyl (C=O) groups excluding carboxylic acids is 1. The van der Waals surface area contributed by atoms with E-state index in [2.05, 4.69) is 21.2 Å². The van der Waals surface area contributed by atoms with Gasteiger partial charge in [0, 0.05) is 6.42 Å². The van der Waals surface area contributed by atoms with Crippen LogP contribution >= 0.6 is 27.5 Å². The van der Waals surface area contributed by atoms with Crippen LogP contribution in [0.1, 0.15) is 13.3 Å². The van der Waals surface area contributed by atoms with E-state index >= 15 is 0 Å². The maximum absolute atomic E-state index is 11.1. The first kappa shape index (κ1) is 10.5. The highest BCUT2D eigenvalue weighted by molar-refractivity contribution is 9.10. The predicted molar refractivity (Wildman–Crippen MR) is 58.1 cm³/mol. The number of halogens is 2. The maximum Gasteiger partial charge on any atom is 0.224 e. The molecule has 0 aliphatic carbocycles. The van der Waals surface area contributed by atoms with Gasteiger partial charge in [-0.3, -0.25) is 4.79 Å². The molecule has 0 bridgehead atoms. The Labute approximate surface area is 90.4 Å². The van der Waals surface area contributed by atoms with Crippen LogP contribution in [-0.4, -0.2) is 5.91 Å². The Morgan fingerprint density at radius 1 is 1.62 bits per heavy atom. The average Bonchev–Trinajstić information content (AvgIpc) is 2.13. The van der Waals surface area contributed by atoms with Gasteiger partial charge < -0.3 is 5.32 Å². The van der Waals surface area contributed by atoms with Crippen molar-refractivity contribution in [2.75, 3.05) is 5.32 Å². The lowest BCUT2D eigenvalue weighted by molar-refractivity contribution is -0.115. The summed E-state index contributed by atoms with van der Waals surface area (Å²) in [6.07, 6.45) is 0.457. The topological polar surface area (TPSA) is 29.1 Å². The second-order valence-corrected chi connectivity index (χ2v) is 3.70. The van der Waals surface area contributed by atoms with Crippen molar-refractivity contribution in [2.45, 2.75) is 13.3 Å². The van der Waals surface area contributed by atoms with Gasteiger partial charge in [-0.05, 0) is 28.1 Å². The molecule has 0 spiro atoms. The van der Waals surface area contributed by atoms with Gasteiger partial charge in [-0.1, -0.05) is 24.6 Å². The fourth-order valence-corrected chi connectivity index (χ4v) is 1.38. The van der Waals surface area contributed by atoms with Crippen LogP contribution in [0.25, 0.3) is 0 Å². The standard InChI is InChI=1S/C9H9BrClNO/c1-2-8(13)12-7-5-3-4-6(11)9(7)10/h3-5H,2H2,1H3,(H,12,13). The van der Waals surface area contributed by atoms with Gasteiger partial charge in [0.1, 0.15) is 0 Å². The van der Waals surface area contributed by atoms with Crippen molar-refractivity contribution < 1.29 is 4.79 Å². The molecule has 2 nitrogen and oxygen atoms in total. The Balaban J connectivity index is 2.89. The maximum atomic E-state index is 11.1. The highest BCUT2D eigenvalue weighted by atomic mass is 79.9. The second kappa shape index (κ2) is 4.63. The fourth-order valence-electron chi connectivity index (χ4n) is 0.839. The third kappa shape index (κ3) is 2.71. The van der Waals surface area contributed by atoms with Crippen molar-refractivity contribution in [1.29, 1.82) is 0 Å². The Kier molecular flexibility index (Phi) is 3.75. The van der Waals surface area contributed by atoms with Gasteiger partial charge in [-0.15, -0.1) is 0 Å². The summed E-state index contributed by atoms with van der Waals surface area (Å²) in [5.41, 5.74) is 0.708. The zero-order valence-corrected chi connectivity index (χ0v) is 9.45. The van der Waals surface area contributed by atoms with E-state index in [0.29, 0.717) is 17.1 Å². The first-order valence-corrected chi connectivity index (χ1v) is 5.06. The molecule has 13 heavy (non-hydrogen) atoms. The van der Waals surface area contributed by atoms with E-state index in [1.54, 1.807) is 25.1 Å². The lowest BCUT2D eigenvalue weighted by atomic mass is 10.3. The number of amides is 1. The lowest BCUT2D eigenvalue weighted by Gasteiger charge is -2.06. The predicted octanol–water partition coefficient (Wildman–Crippen LogP) is 3.45. The minimum Gasteiger partial charge on any atom is -0.325 e. The summed E-state index contributed by atoms with van der Waals surface area (Å²) in [5, 5.41) is 3.32. The number of hydrogen-bond donors (Lipinski definition) is 1. The zero-order chi connectivity index (χ0) is 9.84. The summed E-state index contributed by atoms with van der Waals surface area (Å²) in [6.45, 7) is 1.80. The molecule has 0 aromatic heterocycles. The van der Waals surface area contributed by atoms with Gasteiger partial charge in [0.2, 0.25) is 5.91 Å². The molecule has 0 saturated heterocycles. The summed E-state index contributed by atoms with van der Waals surface area (Å²) >= 11 is 9.13. The fraction of sp³-hybridized carbons (Fsp3) is 0.222. The Morgan fingerprint density at radius 3 is 2.92 bits per heavy atom. The molecule has 0 aliphatic rings. The van der Waals surface area contributed by atoms with E-state index in [0.717, 1.165) is 4.47 Å². The molecule has 0 unspecified atom stereocenters. The van der Waals surface area contributed by atoms with E-state index < -0.39 is 0 Å². The number of benzene rings is 1. The van der Waals surface area contributed by atoms with E-state index in [4.69, 9.17) is 11.6 Å². The average molecular weight is 263 g/mol. The van der Waals surface area contributed by atoms with Crippen molar-refractivity contribution in [3.05, 3.63) is 27.7 Å². The first-order chi connectivity index (χ1) is 6.15. The smallest absolute Gasteiger partial charge is 0.224 e. The third-order valence-electron chi connectivity index (χ3n) is 1.55. The molecule has 0 aliphatic heterocycles. The van der Waals surface area contributed by atoms with Crippen molar-refractivity contribution >= 4 is 39.1 Å². The minimum atomic E-state index is -0.0250. The van der Waals surface area contributed by atoms with Crippen molar-refractivity contribution in [1.82, 2.24) is 0 Å². The van der Waals surface area contributed by atoms with E-state index in [1.807, 2.05) is 0 Å². The highest BCUT2D eigenvalue weighted by Crippen LogP contribution is 2.29. The van der Waals surface area contributed by atoms with Crippen LogP contribution in [-0.2, 0) is 4.79 Å². The molecule has 1 aromatic rings. The number of nitrogens with one attached hydrogen (secondary N) is 1. The molecule has 1 N–H and O–H groups in total. The largest absolute Gasteiger partial charge is 0.325 e. The van der Waals surface area contributed by atoms with E-state index in [-0.39, 0.29) is 5.91 Å². The van der Waals surface area contributed by atoms with Crippen molar-refractivity contribution in [2.24, 2.45) is 0 Å². The van der Waals surface area contributed by atoms with Crippen molar-refractivity contribution in [3.63, 3.8) is 0 Å². The van der Waals surface area contributed by atoms with E-state index in [1.165, 1.54) is 0 Å². The van der Waals surface area contributed by atoms with Crippen LogP contribution in [0.15, 0.2) is 22.7 Å². The summed E-state index contributed by atoms with van der Waals surface area (Å²) in [7, 11) is 0. The quantitative estimate of drug-likeness (QED) is 0.869. The monoisotopic (exact) mass is 261 g/mol. The second-order valence-electron chi connectivity index (χ2n) is 2.50. The van der Waals surface area contributed by atoms with Crippen LogP contribution in [0.4, 0.5) is 5.69 Å². The van der Waals surface area contributed by atoms with Crippen molar-refractivity contribution in [3.8, 4) is 0 Å². The lowest BCUT2D eigenvalue weighted by Crippen LogP contribution is -2.09. The van der Waals surface area contributed by atoms with Gasteiger partial charge in [-0.2, -0.15) is 0 Å². The summed E-state index contributed by atoms with van der Waals surface area (Å²) in [5.74, 6) is -0.0250. The molecular formula is C9H9BrClNO. The SMILES string of the molecule is CCC(=O)Nc1cccc(Cl)c1Br. The van der Waals surface area contributed by atoms with Gasteiger partial charge >= 0.3 is 0 Å². The first-order valence-electron chi connectivity index (χ1n) is 3.89. The highest BCUT2D eigenvalue weighted by Gasteiger charge is 2.05. The van der Waals surface area contributed by atoms with Crippen LogP contribution < -0.4 is 5.32 Å². The van der Waals surface area contributed by atoms with Crippen LogP contribution in [0.3, 0.4) is 0 Å².